The van der Waals surface area contributed by atoms with Gasteiger partial charge in [-0.05, 0) is 42.8 Å². The fourth-order valence-corrected chi connectivity index (χ4v) is 1.68. The van der Waals surface area contributed by atoms with Gasteiger partial charge in [0.05, 0.1) is 5.69 Å². The van der Waals surface area contributed by atoms with Crippen molar-refractivity contribution in [1.82, 2.24) is 9.97 Å². The van der Waals surface area contributed by atoms with Crippen molar-refractivity contribution in [3.05, 3.63) is 39.7 Å². The van der Waals surface area contributed by atoms with E-state index in [1.54, 1.807) is 19.1 Å². The standard InChI is InChI=1S/C11H9BrClN3O/c1-6-9(14)10(16-11(13)15-6)17-8-4-2-7(12)3-5-8/h2-5H,14H2,1H3. The third kappa shape index (κ3) is 2.87. The number of benzene rings is 1. The second-order valence-corrected chi connectivity index (χ2v) is 4.61. The Kier molecular flexibility index (Phi) is 3.49. The number of aryl methyl sites for hydroxylation is 1. The highest BCUT2D eigenvalue weighted by Gasteiger charge is 2.09. The highest BCUT2D eigenvalue weighted by molar-refractivity contribution is 9.10. The van der Waals surface area contributed by atoms with Crippen LogP contribution in [0.1, 0.15) is 5.69 Å². The van der Waals surface area contributed by atoms with E-state index in [2.05, 4.69) is 25.9 Å². The van der Waals surface area contributed by atoms with Crippen LogP contribution in [0.3, 0.4) is 0 Å². The largest absolute Gasteiger partial charge is 0.437 e. The molecule has 4 nitrogen and oxygen atoms in total. The first kappa shape index (κ1) is 12.1. The molecule has 1 aromatic carbocycles. The Balaban J connectivity index is 2.32. The van der Waals surface area contributed by atoms with Crippen molar-refractivity contribution < 1.29 is 4.74 Å². The monoisotopic (exact) mass is 313 g/mol. The summed E-state index contributed by atoms with van der Waals surface area (Å²) in [6, 6.07) is 7.33. The zero-order chi connectivity index (χ0) is 12.4. The number of nitrogen functional groups attached to an aromatic ring is 1. The first-order valence-electron chi connectivity index (χ1n) is 4.79. The van der Waals surface area contributed by atoms with Gasteiger partial charge in [0.1, 0.15) is 11.4 Å². The van der Waals surface area contributed by atoms with Crippen LogP contribution in [0.15, 0.2) is 28.7 Å². The SMILES string of the molecule is Cc1nc(Cl)nc(Oc2ccc(Br)cc2)c1N. The van der Waals surface area contributed by atoms with Gasteiger partial charge < -0.3 is 10.5 Å². The lowest BCUT2D eigenvalue weighted by Crippen LogP contribution is -2.00. The Labute approximate surface area is 112 Å². The van der Waals surface area contributed by atoms with E-state index in [1.807, 2.05) is 12.1 Å². The number of hydrogen-bond acceptors (Lipinski definition) is 4. The quantitative estimate of drug-likeness (QED) is 0.861. The van der Waals surface area contributed by atoms with Crippen LogP contribution in [0.4, 0.5) is 5.69 Å². The van der Waals surface area contributed by atoms with E-state index < -0.39 is 0 Å². The molecule has 88 valence electrons. The zero-order valence-electron chi connectivity index (χ0n) is 8.95. The van der Waals surface area contributed by atoms with Crippen molar-refractivity contribution in [3.8, 4) is 11.6 Å². The summed E-state index contributed by atoms with van der Waals surface area (Å²) in [6.07, 6.45) is 0. The van der Waals surface area contributed by atoms with Crippen molar-refractivity contribution in [2.75, 3.05) is 5.73 Å². The summed E-state index contributed by atoms with van der Waals surface area (Å²) in [5.74, 6) is 0.902. The Hall–Kier alpha value is -1.33. The lowest BCUT2D eigenvalue weighted by atomic mass is 10.3. The van der Waals surface area contributed by atoms with E-state index in [9.17, 15) is 0 Å². The molecule has 0 atom stereocenters. The summed E-state index contributed by atoms with van der Waals surface area (Å²) in [6.45, 7) is 1.75. The summed E-state index contributed by atoms with van der Waals surface area (Å²) >= 11 is 9.09. The average molecular weight is 315 g/mol. The first-order chi connectivity index (χ1) is 8.06. The highest BCUT2D eigenvalue weighted by Crippen LogP contribution is 2.28. The van der Waals surface area contributed by atoms with E-state index in [0.717, 1.165) is 4.47 Å². The van der Waals surface area contributed by atoms with Crippen molar-refractivity contribution in [3.63, 3.8) is 0 Å². The molecule has 2 aromatic rings. The lowest BCUT2D eigenvalue weighted by Gasteiger charge is -2.08. The maximum Gasteiger partial charge on any atom is 0.247 e. The molecule has 1 aromatic heterocycles. The normalized spacial score (nSPS) is 10.3. The van der Waals surface area contributed by atoms with E-state index in [1.165, 1.54) is 0 Å². The Morgan fingerprint density at radius 3 is 2.53 bits per heavy atom. The van der Waals surface area contributed by atoms with Crippen LogP contribution in [-0.4, -0.2) is 9.97 Å². The second-order valence-electron chi connectivity index (χ2n) is 3.35. The molecule has 0 aliphatic rings. The molecule has 0 fully saturated rings. The molecule has 0 saturated heterocycles. The van der Waals surface area contributed by atoms with Crippen LogP contribution in [0, 0.1) is 6.92 Å². The fourth-order valence-electron chi connectivity index (χ4n) is 1.21. The number of halogens is 2. The van der Waals surface area contributed by atoms with Crippen LogP contribution >= 0.6 is 27.5 Å². The first-order valence-corrected chi connectivity index (χ1v) is 5.96. The number of rotatable bonds is 2. The minimum atomic E-state index is 0.115. The predicted octanol–water partition coefficient (Wildman–Crippen LogP) is 3.58. The molecule has 2 N–H and O–H groups in total. The van der Waals surface area contributed by atoms with E-state index >= 15 is 0 Å². The summed E-state index contributed by atoms with van der Waals surface area (Å²) in [4.78, 5) is 7.88. The van der Waals surface area contributed by atoms with E-state index in [4.69, 9.17) is 22.1 Å². The summed E-state index contributed by atoms with van der Waals surface area (Å²) in [7, 11) is 0. The number of nitrogens with two attached hydrogens (primary N) is 1. The molecule has 0 aliphatic carbocycles. The van der Waals surface area contributed by atoms with Gasteiger partial charge in [-0.2, -0.15) is 4.98 Å². The van der Waals surface area contributed by atoms with Gasteiger partial charge in [-0.15, -0.1) is 0 Å². The summed E-state index contributed by atoms with van der Waals surface area (Å²) < 4.78 is 6.51. The molecule has 2 rings (SSSR count). The third-order valence-corrected chi connectivity index (χ3v) is 2.80. The van der Waals surface area contributed by atoms with Crippen molar-refractivity contribution >= 4 is 33.2 Å². The molecule has 6 heteroatoms. The van der Waals surface area contributed by atoms with Crippen LogP contribution < -0.4 is 10.5 Å². The minimum Gasteiger partial charge on any atom is -0.437 e. The minimum absolute atomic E-state index is 0.115. The molecule has 0 spiro atoms. The Morgan fingerprint density at radius 1 is 1.24 bits per heavy atom. The molecular formula is C11H9BrClN3O. The molecule has 0 bridgehead atoms. The van der Waals surface area contributed by atoms with Crippen molar-refractivity contribution in [2.24, 2.45) is 0 Å². The van der Waals surface area contributed by atoms with Gasteiger partial charge in [0, 0.05) is 4.47 Å². The van der Waals surface area contributed by atoms with Crippen LogP contribution in [0.5, 0.6) is 11.6 Å². The second kappa shape index (κ2) is 4.89. The number of hydrogen-bond donors (Lipinski definition) is 1. The highest BCUT2D eigenvalue weighted by atomic mass is 79.9. The molecule has 0 unspecified atom stereocenters. The summed E-state index contributed by atoms with van der Waals surface area (Å²) in [5.41, 5.74) is 6.79. The number of ether oxygens (including phenoxy) is 1. The molecule has 0 saturated carbocycles. The Bertz CT molecular complexity index is 545. The number of nitrogens with zero attached hydrogens (tertiary/aromatic N) is 2. The number of anilines is 1. The molecule has 1 heterocycles. The maximum absolute atomic E-state index is 5.81. The van der Waals surface area contributed by atoms with Crippen molar-refractivity contribution in [2.45, 2.75) is 6.92 Å². The Morgan fingerprint density at radius 2 is 1.88 bits per heavy atom. The van der Waals surface area contributed by atoms with Crippen molar-refractivity contribution in [1.29, 1.82) is 0 Å². The van der Waals surface area contributed by atoms with E-state index in [-0.39, 0.29) is 11.2 Å². The molecule has 0 radical (unpaired) electrons. The molecular weight excluding hydrogens is 305 g/mol. The average Bonchev–Trinajstić information content (AvgIpc) is 2.28. The van der Waals surface area contributed by atoms with Crippen LogP contribution in [-0.2, 0) is 0 Å². The predicted molar refractivity (Wildman–Crippen MR) is 70.4 cm³/mol. The van der Waals surface area contributed by atoms with Gasteiger partial charge in [0.2, 0.25) is 11.2 Å². The lowest BCUT2D eigenvalue weighted by molar-refractivity contribution is 0.463. The van der Waals surface area contributed by atoms with Gasteiger partial charge in [-0.3, -0.25) is 0 Å². The maximum atomic E-state index is 5.81. The van der Waals surface area contributed by atoms with Gasteiger partial charge >= 0.3 is 0 Å². The van der Waals surface area contributed by atoms with Gasteiger partial charge in [-0.25, -0.2) is 4.98 Å². The molecule has 0 amide bonds. The zero-order valence-corrected chi connectivity index (χ0v) is 11.3. The van der Waals surface area contributed by atoms with Gasteiger partial charge in [0.25, 0.3) is 0 Å². The topological polar surface area (TPSA) is 61.0 Å². The fraction of sp³-hybridized carbons (Fsp3) is 0.0909. The van der Waals surface area contributed by atoms with Crippen LogP contribution in [0.25, 0.3) is 0 Å². The van der Waals surface area contributed by atoms with Gasteiger partial charge in [0.15, 0.2) is 0 Å². The third-order valence-electron chi connectivity index (χ3n) is 2.10. The smallest absolute Gasteiger partial charge is 0.247 e. The molecule has 17 heavy (non-hydrogen) atoms. The van der Waals surface area contributed by atoms with E-state index in [0.29, 0.717) is 17.1 Å². The summed E-state index contributed by atoms with van der Waals surface area (Å²) in [5, 5.41) is 0.115. The van der Waals surface area contributed by atoms with Gasteiger partial charge in [-0.1, -0.05) is 15.9 Å². The number of aromatic nitrogens is 2. The van der Waals surface area contributed by atoms with Crippen LogP contribution in [0.2, 0.25) is 5.28 Å². The molecule has 0 aliphatic heterocycles.